The fraction of sp³-hybridized carbons (Fsp3) is 0.625. The van der Waals surface area contributed by atoms with Gasteiger partial charge in [-0.1, -0.05) is 32.1 Å². The van der Waals surface area contributed by atoms with E-state index in [-0.39, 0.29) is 15.4 Å². The molecule has 0 bridgehead atoms. The van der Waals surface area contributed by atoms with Crippen LogP contribution in [0.4, 0.5) is 5.13 Å². The van der Waals surface area contributed by atoms with Crippen LogP contribution in [0.25, 0.3) is 0 Å². The van der Waals surface area contributed by atoms with Gasteiger partial charge < -0.3 is 5.32 Å². The predicted octanol–water partition coefficient (Wildman–Crippen LogP) is 0.431. The van der Waals surface area contributed by atoms with Gasteiger partial charge in [0.1, 0.15) is 0 Å². The molecule has 1 amide bonds. The van der Waals surface area contributed by atoms with Gasteiger partial charge in [-0.05, 0) is 7.05 Å². The van der Waals surface area contributed by atoms with E-state index in [0.29, 0.717) is 0 Å². The first kappa shape index (κ1) is 14.0. The van der Waals surface area contributed by atoms with Gasteiger partial charge >= 0.3 is 0 Å². The van der Waals surface area contributed by atoms with Crippen molar-refractivity contribution in [2.24, 2.45) is 5.41 Å². The zero-order chi connectivity index (χ0) is 13.3. The van der Waals surface area contributed by atoms with Crippen LogP contribution in [0.2, 0.25) is 0 Å². The molecule has 0 spiro atoms. The Balaban J connectivity index is 2.88. The van der Waals surface area contributed by atoms with Crippen LogP contribution in [-0.2, 0) is 14.8 Å². The molecular weight excluding hydrogens is 264 g/mol. The largest absolute Gasteiger partial charge is 0.300 e. The van der Waals surface area contributed by atoms with Crippen LogP contribution in [-0.4, -0.2) is 31.6 Å². The van der Waals surface area contributed by atoms with Crippen molar-refractivity contribution in [2.45, 2.75) is 25.1 Å². The number of hydrogen-bond donors (Lipinski definition) is 2. The standard InChI is InChI=1S/C8H14N4O3S2/c1-8(2,3)5(13)10-6-11-12-7(16-6)17(14,15)9-4/h9H,1-4H3,(H,10,11,13). The van der Waals surface area contributed by atoms with Gasteiger partial charge in [0.15, 0.2) is 0 Å². The summed E-state index contributed by atoms with van der Waals surface area (Å²) in [4.78, 5) is 11.6. The molecule has 0 saturated carbocycles. The van der Waals surface area contributed by atoms with Crippen LogP contribution in [0, 0.1) is 5.41 Å². The minimum absolute atomic E-state index is 0.166. The number of nitrogens with zero attached hydrogens (tertiary/aromatic N) is 2. The van der Waals surface area contributed by atoms with E-state index in [0.717, 1.165) is 11.3 Å². The average Bonchev–Trinajstić information content (AvgIpc) is 2.65. The van der Waals surface area contributed by atoms with E-state index in [1.165, 1.54) is 7.05 Å². The molecule has 1 aromatic rings. The molecule has 0 unspecified atom stereocenters. The number of anilines is 1. The van der Waals surface area contributed by atoms with Crippen molar-refractivity contribution < 1.29 is 13.2 Å². The third kappa shape index (κ3) is 3.45. The first-order chi connectivity index (χ1) is 7.66. The predicted molar refractivity (Wildman–Crippen MR) is 64.2 cm³/mol. The summed E-state index contributed by atoms with van der Waals surface area (Å²) in [5.74, 6) is -0.248. The molecule has 0 aliphatic heterocycles. The number of aromatic nitrogens is 2. The number of amides is 1. The Morgan fingerprint density at radius 3 is 2.35 bits per heavy atom. The number of nitrogens with one attached hydrogen (secondary N) is 2. The molecule has 0 saturated heterocycles. The fourth-order valence-electron chi connectivity index (χ4n) is 0.741. The van der Waals surface area contributed by atoms with E-state index in [9.17, 15) is 13.2 Å². The summed E-state index contributed by atoms with van der Waals surface area (Å²) in [7, 11) is -2.32. The van der Waals surface area contributed by atoms with E-state index >= 15 is 0 Å². The molecule has 96 valence electrons. The second-order valence-electron chi connectivity index (χ2n) is 4.28. The lowest BCUT2D eigenvalue weighted by Crippen LogP contribution is -2.27. The van der Waals surface area contributed by atoms with Gasteiger partial charge in [0, 0.05) is 5.41 Å². The van der Waals surface area contributed by atoms with Gasteiger partial charge in [0.05, 0.1) is 0 Å². The summed E-state index contributed by atoms with van der Waals surface area (Å²) in [6.07, 6.45) is 0. The van der Waals surface area contributed by atoms with Gasteiger partial charge in [0.25, 0.3) is 10.0 Å². The highest BCUT2D eigenvalue weighted by Crippen LogP contribution is 2.22. The zero-order valence-corrected chi connectivity index (χ0v) is 11.6. The first-order valence-corrected chi connectivity index (χ1v) is 7.05. The summed E-state index contributed by atoms with van der Waals surface area (Å²) in [6, 6.07) is 0. The van der Waals surface area contributed by atoms with Gasteiger partial charge in [-0.2, -0.15) is 0 Å². The van der Waals surface area contributed by atoms with Crippen LogP contribution in [0.5, 0.6) is 0 Å². The Morgan fingerprint density at radius 1 is 1.29 bits per heavy atom. The van der Waals surface area contributed by atoms with Gasteiger partial charge in [-0.25, -0.2) is 13.1 Å². The normalized spacial score (nSPS) is 12.5. The Hall–Kier alpha value is -1.06. The second-order valence-corrected chi connectivity index (χ2v) is 7.32. The molecule has 0 aromatic carbocycles. The maximum absolute atomic E-state index is 11.6. The van der Waals surface area contributed by atoms with Crippen molar-refractivity contribution in [3.8, 4) is 0 Å². The fourth-order valence-corrected chi connectivity index (χ4v) is 2.46. The second kappa shape index (κ2) is 4.67. The Labute approximate surface area is 104 Å². The van der Waals surface area contributed by atoms with Crippen molar-refractivity contribution in [1.29, 1.82) is 0 Å². The summed E-state index contributed by atoms with van der Waals surface area (Å²) < 4.78 is 24.7. The summed E-state index contributed by atoms with van der Waals surface area (Å²) in [5, 5.41) is 9.78. The topological polar surface area (TPSA) is 101 Å². The molecule has 1 rings (SSSR count). The Kier molecular flexibility index (Phi) is 3.84. The highest BCUT2D eigenvalue weighted by molar-refractivity contribution is 7.91. The molecule has 1 heterocycles. The van der Waals surface area contributed by atoms with Crippen molar-refractivity contribution in [3.63, 3.8) is 0 Å². The van der Waals surface area contributed by atoms with E-state index in [4.69, 9.17) is 0 Å². The average molecular weight is 278 g/mol. The highest BCUT2D eigenvalue weighted by atomic mass is 32.2. The molecule has 0 radical (unpaired) electrons. The maximum atomic E-state index is 11.6. The van der Waals surface area contributed by atoms with E-state index < -0.39 is 15.4 Å². The zero-order valence-electron chi connectivity index (χ0n) is 9.94. The minimum atomic E-state index is -3.61. The Morgan fingerprint density at radius 2 is 1.88 bits per heavy atom. The summed E-state index contributed by atoms with van der Waals surface area (Å²) >= 11 is 0.804. The molecule has 9 heteroatoms. The van der Waals surface area contributed by atoms with E-state index in [2.05, 4.69) is 20.2 Å². The van der Waals surface area contributed by atoms with Crippen LogP contribution in [0.3, 0.4) is 0 Å². The highest BCUT2D eigenvalue weighted by Gasteiger charge is 2.24. The molecule has 0 aliphatic rings. The van der Waals surface area contributed by atoms with Crippen molar-refractivity contribution in [1.82, 2.24) is 14.9 Å². The molecular formula is C8H14N4O3S2. The number of hydrogen-bond acceptors (Lipinski definition) is 6. The van der Waals surface area contributed by atoms with Gasteiger partial charge in [-0.3, -0.25) is 4.79 Å². The number of carbonyl (C=O) groups is 1. The third-order valence-electron chi connectivity index (χ3n) is 1.81. The van der Waals surface area contributed by atoms with Crippen LogP contribution in [0.1, 0.15) is 20.8 Å². The van der Waals surface area contributed by atoms with Crippen LogP contribution in [0.15, 0.2) is 4.34 Å². The maximum Gasteiger partial charge on any atom is 0.269 e. The first-order valence-electron chi connectivity index (χ1n) is 4.75. The smallest absolute Gasteiger partial charge is 0.269 e. The van der Waals surface area contributed by atoms with Gasteiger partial charge in [0.2, 0.25) is 15.4 Å². The molecule has 0 atom stereocenters. The lowest BCUT2D eigenvalue weighted by Gasteiger charge is -2.15. The molecule has 17 heavy (non-hydrogen) atoms. The molecule has 7 nitrogen and oxygen atoms in total. The van der Waals surface area contributed by atoms with E-state index in [1.54, 1.807) is 20.8 Å². The number of carbonyl (C=O) groups excluding carboxylic acids is 1. The summed E-state index contributed by atoms with van der Waals surface area (Å²) in [6.45, 7) is 5.23. The van der Waals surface area contributed by atoms with E-state index in [1.807, 2.05) is 0 Å². The Bertz CT molecular complexity index is 515. The van der Waals surface area contributed by atoms with Crippen LogP contribution < -0.4 is 10.0 Å². The number of sulfonamides is 1. The van der Waals surface area contributed by atoms with Crippen LogP contribution >= 0.6 is 11.3 Å². The quantitative estimate of drug-likeness (QED) is 0.781. The lowest BCUT2D eigenvalue weighted by atomic mass is 9.96. The SMILES string of the molecule is CNS(=O)(=O)c1nnc(NC(=O)C(C)(C)C)s1. The number of rotatable bonds is 3. The third-order valence-corrected chi connectivity index (χ3v) is 4.43. The van der Waals surface area contributed by atoms with Crippen molar-refractivity contribution in [3.05, 3.63) is 0 Å². The molecule has 1 aromatic heterocycles. The minimum Gasteiger partial charge on any atom is -0.300 e. The summed E-state index contributed by atoms with van der Waals surface area (Å²) in [5.41, 5.74) is -0.576. The molecule has 0 fully saturated rings. The molecule has 2 N–H and O–H groups in total. The monoisotopic (exact) mass is 278 g/mol. The molecule has 0 aliphatic carbocycles. The van der Waals surface area contributed by atoms with Crippen molar-refractivity contribution >= 4 is 32.4 Å². The van der Waals surface area contributed by atoms with Gasteiger partial charge in [-0.15, -0.1) is 10.2 Å². The lowest BCUT2D eigenvalue weighted by molar-refractivity contribution is -0.123. The van der Waals surface area contributed by atoms with Crippen molar-refractivity contribution in [2.75, 3.05) is 12.4 Å².